The smallest absolute Gasteiger partial charge is 0.129 e. The lowest BCUT2D eigenvalue weighted by atomic mass is 10.1. The zero-order valence-corrected chi connectivity index (χ0v) is 12.1. The number of fused-ring (bicyclic) bond motifs is 1. The average molecular weight is 267 g/mol. The molecule has 20 heavy (non-hydrogen) atoms. The van der Waals surface area contributed by atoms with Gasteiger partial charge in [-0.15, -0.1) is 0 Å². The lowest BCUT2D eigenvalue weighted by molar-refractivity contribution is 0.581. The molecule has 1 aromatic carbocycles. The summed E-state index contributed by atoms with van der Waals surface area (Å²) in [5, 5.41) is 3.42. The van der Waals surface area contributed by atoms with Gasteiger partial charge in [-0.2, -0.15) is 0 Å². The number of anilines is 1. The predicted molar refractivity (Wildman–Crippen MR) is 82.5 cm³/mol. The van der Waals surface area contributed by atoms with E-state index in [1.807, 2.05) is 0 Å². The number of pyridine rings is 1. The molecule has 2 heterocycles. The Morgan fingerprint density at radius 1 is 1.05 bits per heavy atom. The van der Waals surface area contributed by atoms with E-state index in [-0.39, 0.29) is 0 Å². The summed E-state index contributed by atoms with van der Waals surface area (Å²) in [5.74, 6) is 1.07. The summed E-state index contributed by atoms with van der Waals surface area (Å²) in [6, 6.07) is 15.4. The minimum Gasteiger partial charge on any atom is -0.348 e. The van der Waals surface area contributed by atoms with Crippen molar-refractivity contribution in [1.29, 1.82) is 0 Å². The van der Waals surface area contributed by atoms with Crippen LogP contribution in [-0.2, 0) is 19.6 Å². The highest BCUT2D eigenvalue weighted by molar-refractivity contribution is 5.47. The van der Waals surface area contributed by atoms with Gasteiger partial charge in [-0.25, -0.2) is 4.98 Å². The van der Waals surface area contributed by atoms with Crippen molar-refractivity contribution in [2.75, 3.05) is 4.90 Å². The molecule has 3 heteroatoms. The molecule has 1 N–H and O–H groups in total. The molecule has 1 aromatic heterocycles. The predicted octanol–water partition coefficient (Wildman–Crippen LogP) is 3.10. The zero-order chi connectivity index (χ0) is 13.9. The number of hydrogen-bond acceptors (Lipinski definition) is 3. The number of nitrogens with zero attached hydrogens (tertiary/aromatic N) is 2. The molecule has 0 fully saturated rings. The Kier molecular flexibility index (Phi) is 3.70. The maximum absolute atomic E-state index is 4.77. The number of aromatic nitrogens is 1. The molecule has 0 unspecified atom stereocenters. The molecule has 0 aliphatic carbocycles. The van der Waals surface area contributed by atoms with Crippen LogP contribution in [0, 0.1) is 0 Å². The van der Waals surface area contributed by atoms with Crippen LogP contribution in [-0.4, -0.2) is 11.0 Å². The molecule has 0 amide bonds. The van der Waals surface area contributed by atoms with Gasteiger partial charge < -0.3 is 10.2 Å². The van der Waals surface area contributed by atoms with Crippen LogP contribution in [0.25, 0.3) is 0 Å². The van der Waals surface area contributed by atoms with Crippen molar-refractivity contribution in [2.24, 2.45) is 0 Å². The number of rotatable bonds is 4. The minimum absolute atomic E-state index is 0.483. The highest BCUT2D eigenvalue weighted by Crippen LogP contribution is 2.26. The Morgan fingerprint density at radius 2 is 1.75 bits per heavy atom. The van der Waals surface area contributed by atoms with Crippen molar-refractivity contribution >= 4 is 5.82 Å². The summed E-state index contributed by atoms with van der Waals surface area (Å²) in [7, 11) is 0. The molecule has 3 nitrogen and oxygen atoms in total. The van der Waals surface area contributed by atoms with Crippen molar-refractivity contribution in [2.45, 2.75) is 39.5 Å². The van der Waals surface area contributed by atoms with Crippen molar-refractivity contribution in [3.05, 3.63) is 59.3 Å². The SMILES string of the molecule is CC(C)NCc1cccc(N2Cc3ccccc3C2)n1. The highest BCUT2D eigenvalue weighted by Gasteiger charge is 2.19. The summed E-state index contributed by atoms with van der Waals surface area (Å²) < 4.78 is 0. The first-order valence-electron chi connectivity index (χ1n) is 7.23. The summed E-state index contributed by atoms with van der Waals surface area (Å²) in [5.41, 5.74) is 3.94. The number of benzene rings is 1. The van der Waals surface area contributed by atoms with Gasteiger partial charge in [-0.3, -0.25) is 0 Å². The summed E-state index contributed by atoms with van der Waals surface area (Å²) in [6.07, 6.45) is 0. The Hall–Kier alpha value is -1.87. The second-order valence-electron chi connectivity index (χ2n) is 5.65. The van der Waals surface area contributed by atoms with Gasteiger partial charge in [0.05, 0.1) is 5.69 Å². The normalized spacial score (nSPS) is 13.8. The molecule has 104 valence electrons. The van der Waals surface area contributed by atoms with E-state index in [4.69, 9.17) is 4.98 Å². The molecule has 2 aromatic rings. The van der Waals surface area contributed by atoms with E-state index in [2.05, 4.69) is 66.5 Å². The molecule has 0 saturated carbocycles. The minimum atomic E-state index is 0.483. The van der Waals surface area contributed by atoms with E-state index >= 15 is 0 Å². The van der Waals surface area contributed by atoms with Gasteiger partial charge in [0.15, 0.2) is 0 Å². The third kappa shape index (κ3) is 2.83. The van der Waals surface area contributed by atoms with E-state index in [0.29, 0.717) is 6.04 Å². The van der Waals surface area contributed by atoms with Gasteiger partial charge in [0.1, 0.15) is 5.82 Å². The van der Waals surface area contributed by atoms with E-state index in [9.17, 15) is 0 Å². The van der Waals surface area contributed by atoms with Gasteiger partial charge in [-0.1, -0.05) is 44.2 Å². The van der Waals surface area contributed by atoms with Crippen LogP contribution < -0.4 is 10.2 Å². The molecule has 0 bridgehead atoms. The molecule has 3 rings (SSSR count). The first kappa shape index (κ1) is 13.1. The molecule has 0 spiro atoms. The third-order valence-corrected chi connectivity index (χ3v) is 3.65. The van der Waals surface area contributed by atoms with Crippen LogP contribution in [0.3, 0.4) is 0 Å². The van der Waals surface area contributed by atoms with Gasteiger partial charge in [0.2, 0.25) is 0 Å². The lowest BCUT2D eigenvalue weighted by Gasteiger charge is -2.17. The van der Waals surface area contributed by atoms with Crippen LogP contribution in [0.5, 0.6) is 0 Å². The van der Waals surface area contributed by atoms with Crippen molar-refractivity contribution in [1.82, 2.24) is 10.3 Å². The average Bonchev–Trinajstić information content (AvgIpc) is 2.89. The second-order valence-corrected chi connectivity index (χ2v) is 5.65. The first-order valence-corrected chi connectivity index (χ1v) is 7.23. The fourth-order valence-electron chi connectivity index (χ4n) is 2.55. The molecular formula is C17H21N3. The Balaban J connectivity index is 1.74. The Bertz CT molecular complexity index is 567. The maximum atomic E-state index is 4.77. The van der Waals surface area contributed by atoms with Crippen molar-refractivity contribution in [3.63, 3.8) is 0 Å². The van der Waals surface area contributed by atoms with Crippen molar-refractivity contribution in [3.8, 4) is 0 Å². The molecule has 0 saturated heterocycles. The molecule has 0 atom stereocenters. The standard InChI is InChI=1S/C17H21N3/c1-13(2)18-10-16-8-5-9-17(19-16)20-11-14-6-3-4-7-15(14)12-20/h3-9,13,18H,10-12H2,1-2H3. The molecular weight excluding hydrogens is 246 g/mol. The van der Waals surface area contributed by atoms with Gasteiger partial charge in [0.25, 0.3) is 0 Å². The van der Waals surface area contributed by atoms with Gasteiger partial charge >= 0.3 is 0 Å². The topological polar surface area (TPSA) is 28.2 Å². The molecule has 1 aliphatic heterocycles. The molecule has 0 radical (unpaired) electrons. The number of hydrogen-bond donors (Lipinski definition) is 1. The summed E-state index contributed by atoms with van der Waals surface area (Å²) in [6.45, 7) is 7.06. The number of nitrogens with one attached hydrogen (secondary N) is 1. The van der Waals surface area contributed by atoms with Crippen LogP contribution in [0.1, 0.15) is 30.7 Å². The Labute approximate surface area is 120 Å². The third-order valence-electron chi connectivity index (χ3n) is 3.65. The fourth-order valence-corrected chi connectivity index (χ4v) is 2.55. The van der Waals surface area contributed by atoms with E-state index in [0.717, 1.165) is 31.1 Å². The van der Waals surface area contributed by atoms with E-state index < -0.39 is 0 Å². The lowest BCUT2D eigenvalue weighted by Crippen LogP contribution is -2.23. The monoisotopic (exact) mass is 267 g/mol. The zero-order valence-electron chi connectivity index (χ0n) is 12.1. The van der Waals surface area contributed by atoms with Crippen LogP contribution in [0.4, 0.5) is 5.82 Å². The van der Waals surface area contributed by atoms with Crippen LogP contribution >= 0.6 is 0 Å². The Morgan fingerprint density at radius 3 is 2.40 bits per heavy atom. The van der Waals surface area contributed by atoms with Gasteiger partial charge in [-0.05, 0) is 23.3 Å². The van der Waals surface area contributed by atoms with Crippen LogP contribution in [0.15, 0.2) is 42.5 Å². The highest BCUT2D eigenvalue weighted by atomic mass is 15.2. The quantitative estimate of drug-likeness (QED) is 0.922. The molecule has 1 aliphatic rings. The second kappa shape index (κ2) is 5.63. The largest absolute Gasteiger partial charge is 0.348 e. The van der Waals surface area contributed by atoms with Crippen molar-refractivity contribution < 1.29 is 0 Å². The maximum Gasteiger partial charge on any atom is 0.129 e. The summed E-state index contributed by atoms with van der Waals surface area (Å²) in [4.78, 5) is 7.11. The van der Waals surface area contributed by atoms with Crippen LogP contribution in [0.2, 0.25) is 0 Å². The summed E-state index contributed by atoms with van der Waals surface area (Å²) >= 11 is 0. The fraction of sp³-hybridized carbons (Fsp3) is 0.353. The van der Waals surface area contributed by atoms with E-state index in [1.165, 1.54) is 11.1 Å². The van der Waals surface area contributed by atoms with E-state index in [1.54, 1.807) is 0 Å². The van der Waals surface area contributed by atoms with Gasteiger partial charge in [0, 0.05) is 25.7 Å². The first-order chi connectivity index (χ1) is 9.72.